The van der Waals surface area contributed by atoms with Gasteiger partial charge >= 0.3 is 102 Å². The molecule has 0 radical (unpaired) electrons. The van der Waals surface area contributed by atoms with Gasteiger partial charge < -0.3 is 0 Å². The van der Waals surface area contributed by atoms with Crippen LogP contribution in [-0.4, -0.2) is 16.5 Å². The molecule has 2 rings (SSSR count). The van der Waals surface area contributed by atoms with Gasteiger partial charge in [-0.2, -0.15) is 0 Å². The van der Waals surface area contributed by atoms with E-state index in [-0.39, 0.29) is 0 Å². The Balaban J connectivity index is 2.44. The Kier molecular flexibility index (Phi) is 3.61. The van der Waals surface area contributed by atoms with Crippen LogP contribution in [0.15, 0.2) is 60.7 Å². The Labute approximate surface area is 101 Å². The molecule has 0 saturated carbocycles. The van der Waals surface area contributed by atoms with E-state index in [1.54, 1.807) is 0 Å². The molecule has 0 nitrogen and oxygen atoms in total. The van der Waals surface area contributed by atoms with Crippen molar-refractivity contribution in [2.45, 2.75) is 0 Å². The summed E-state index contributed by atoms with van der Waals surface area (Å²) in [5.74, 6) is 0. The van der Waals surface area contributed by atoms with Gasteiger partial charge in [0.15, 0.2) is 0 Å². The second-order valence-corrected chi connectivity index (χ2v) is 17.0. The molecule has 0 aliphatic heterocycles. The molecule has 0 bridgehead atoms. The topological polar surface area (TPSA) is 0 Å². The van der Waals surface area contributed by atoms with E-state index < -0.39 is 16.5 Å². The van der Waals surface area contributed by atoms with Crippen molar-refractivity contribution in [3.8, 4) is 0 Å². The maximum atomic E-state index is 6.55. The summed E-state index contributed by atoms with van der Waals surface area (Å²) in [5.41, 5.74) is 0. The van der Waals surface area contributed by atoms with Crippen LogP contribution >= 0.6 is 17.7 Å². The third-order valence-corrected chi connectivity index (χ3v) is 12.8. The van der Waals surface area contributed by atoms with Crippen LogP contribution in [0.5, 0.6) is 0 Å². The molecule has 0 fully saturated rings. The molecule has 15 heavy (non-hydrogen) atoms. The van der Waals surface area contributed by atoms with Crippen LogP contribution in [0.3, 0.4) is 0 Å². The van der Waals surface area contributed by atoms with E-state index in [1.807, 2.05) is 60.7 Å². The van der Waals surface area contributed by atoms with Crippen molar-refractivity contribution in [2.24, 2.45) is 0 Å². The first-order chi connectivity index (χ1) is 7.21. The summed E-state index contributed by atoms with van der Waals surface area (Å²) in [7, 11) is 13.1. The number of benzene rings is 2. The molecule has 76 valence electrons. The van der Waals surface area contributed by atoms with Crippen LogP contribution in [0.1, 0.15) is 0 Å². The predicted octanol–water partition coefficient (Wildman–Crippen LogP) is 2.72. The van der Waals surface area contributed by atoms with Crippen molar-refractivity contribution in [2.75, 3.05) is 0 Å². The summed E-state index contributed by atoms with van der Waals surface area (Å²) < 4.78 is 2.18. The molecule has 3 heteroatoms. The Morgan fingerprint density at radius 1 is 0.600 bits per heavy atom. The number of hydrogen-bond acceptors (Lipinski definition) is 0. The molecule has 0 unspecified atom stereocenters. The second-order valence-electron chi connectivity index (χ2n) is 3.18. The molecule has 0 saturated heterocycles. The Hall–Kier alpha value is -0.162. The van der Waals surface area contributed by atoms with Crippen LogP contribution in [0, 0.1) is 0 Å². The van der Waals surface area contributed by atoms with Gasteiger partial charge in [-0.05, 0) is 0 Å². The van der Waals surface area contributed by atoms with Gasteiger partial charge in [0.05, 0.1) is 0 Å². The van der Waals surface area contributed by atoms with Gasteiger partial charge in [0.25, 0.3) is 0 Å². The van der Waals surface area contributed by atoms with Crippen molar-refractivity contribution in [3.63, 3.8) is 0 Å². The molecular weight excluding hydrogens is 337 g/mol. The third kappa shape index (κ3) is 2.50. The number of hydrogen-bond donors (Lipinski definition) is 0. The fourth-order valence-corrected chi connectivity index (χ4v) is 8.37. The molecule has 0 aliphatic rings. The summed E-state index contributed by atoms with van der Waals surface area (Å²) in [5, 5.41) is 0. The minimum absolute atomic E-state index is 1.09. The fourth-order valence-electron chi connectivity index (χ4n) is 1.38. The SMILES string of the molecule is [Cl][Sb+]([Cl])([c]1ccccc1)[c]1ccccc1. The van der Waals surface area contributed by atoms with E-state index in [1.165, 1.54) is 0 Å². The molecule has 0 atom stereocenters. The van der Waals surface area contributed by atoms with Crippen LogP contribution in [0.25, 0.3) is 0 Å². The first-order valence-corrected chi connectivity index (χ1v) is 13.6. The zero-order valence-corrected chi connectivity index (χ0v) is 12.0. The van der Waals surface area contributed by atoms with Gasteiger partial charge in [0, 0.05) is 0 Å². The Morgan fingerprint density at radius 3 is 1.27 bits per heavy atom. The summed E-state index contributed by atoms with van der Waals surface area (Å²) in [6.07, 6.45) is 0. The molecule has 0 aliphatic carbocycles. The van der Waals surface area contributed by atoms with E-state index in [0.29, 0.717) is 0 Å². The van der Waals surface area contributed by atoms with Crippen molar-refractivity contribution >= 4 is 41.2 Å². The summed E-state index contributed by atoms with van der Waals surface area (Å²) in [6.45, 7) is 0. The van der Waals surface area contributed by atoms with Crippen LogP contribution in [-0.2, 0) is 0 Å². The molecule has 2 aromatic rings. The minimum atomic E-state index is -3.19. The van der Waals surface area contributed by atoms with Crippen LogP contribution in [0.4, 0.5) is 0 Å². The van der Waals surface area contributed by atoms with Gasteiger partial charge in [-0.25, -0.2) is 0 Å². The van der Waals surface area contributed by atoms with E-state index in [9.17, 15) is 0 Å². The quantitative estimate of drug-likeness (QED) is 0.733. The van der Waals surface area contributed by atoms with E-state index in [4.69, 9.17) is 17.7 Å². The van der Waals surface area contributed by atoms with Crippen molar-refractivity contribution < 1.29 is 0 Å². The Morgan fingerprint density at radius 2 is 0.933 bits per heavy atom. The molecular formula is C12H10Cl2Sb+. The van der Waals surface area contributed by atoms with Gasteiger partial charge in [0.1, 0.15) is 0 Å². The van der Waals surface area contributed by atoms with Crippen molar-refractivity contribution in [1.29, 1.82) is 0 Å². The first kappa shape index (κ1) is 11.3. The van der Waals surface area contributed by atoms with Gasteiger partial charge in [0.2, 0.25) is 0 Å². The van der Waals surface area contributed by atoms with Crippen molar-refractivity contribution in [1.82, 2.24) is 0 Å². The third-order valence-electron chi connectivity index (χ3n) is 2.16. The zero-order chi connectivity index (χ0) is 10.7. The van der Waals surface area contributed by atoms with Gasteiger partial charge in [-0.3, -0.25) is 0 Å². The molecule has 0 amide bonds. The molecule has 0 N–H and O–H groups in total. The van der Waals surface area contributed by atoms with E-state index in [0.717, 1.165) is 7.02 Å². The molecule has 0 heterocycles. The monoisotopic (exact) mass is 345 g/mol. The Bertz CT molecular complexity index is 384. The number of halogens is 2. The van der Waals surface area contributed by atoms with Gasteiger partial charge in [-0.15, -0.1) is 0 Å². The molecule has 2 aromatic carbocycles. The summed E-state index contributed by atoms with van der Waals surface area (Å²) >= 11 is -3.19. The predicted molar refractivity (Wildman–Crippen MR) is 69.6 cm³/mol. The average Bonchev–Trinajstić information content (AvgIpc) is 2.31. The zero-order valence-electron chi connectivity index (χ0n) is 7.98. The van der Waals surface area contributed by atoms with Gasteiger partial charge in [-0.1, -0.05) is 0 Å². The van der Waals surface area contributed by atoms with E-state index >= 15 is 0 Å². The maximum absolute atomic E-state index is 6.55. The second kappa shape index (κ2) is 4.78. The van der Waals surface area contributed by atoms with Crippen LogP contribution in [0.2, 0.25) is 0 Å². The fraction of sp³-hybridized carbons (Fsp3) is 0. The summed E-state index contributed by atoms with van der Waals surface area (Å²) in [4.78, 5) is 0. The van der Waals surface area contributed by atoms with E-state index in [2.05, 4.69) is 0 Å². The molecule has 0 aromatic heterocycles. The first-order valence-electron chi connectivity index (χ1n) is 4.61. The average molecular weight is 347 g/mol. The normalized spacial score (nSPS) is 11.3. The molecule has 0 spiro atoms. The van der Waals surface area contributed by atoms with Crippen LogP contribution < -0.4 is 7.02 Å². The standard InChI is InChI=1S/2C6H5.2ClH.Sb/c2*1-2-4-6-5-3-1;;;/h2*1-5H;2*1H;/q;;;;+3/p-2. The van der Waals surface area contributed by atoms with Crippen molar-refractivity contribution in [3.05, 3.63) is 60.7 Å². The number of rotatable bonds is 2. The summed E-state index contributed by atoms with van der Waals surface area (Å²) in [6, 6.07) is 19.9.